The third-order valence-corrected chi connectivity index (χ3v) is 2.54. The van der Waals surface area contributed by atoms with Gasteiger partial charge >= 0.3 is 0 Å². The number of hydrogen-bond donors (Lipinski definition) is 2. The fraction of sp³-hybridized carbons (Fsp3) is 0.364. The average Bonchev–Trinajstić information content (AvgIpc) is 2.29. The van der Waals surface area contributed by atoms with Crippen LogP contribution in [0.2, 0.25) is 0 Å². The van der Waals surface area contributed by atoms with Crippen LogP contribution in [0.25, 0.3) is 0 Å². The van der Waals surface area contributed by atoms with E-state index >= 15 is 0 Å². The zero-order valence-corrected chi connectivity index (χ0v) is 10.5. The van der Waals surface area contributed by atoms with Crippen molar-refractivity contribution in [3.05, 3.63) is 28.2 Å². The lowest BCUT2D eigenvalue weighted by Gasteiger charge is -2.17. The fourth-order valence-corrected chi connectivity index (χ4v) is 1.66. The number of anilines is 1. The monoisotopic (exact) mass is 284 g/mol. The Bertz CT molecular complexity index is 390. The van der Waals surface area contributed by atoms with Gasteiger partial charge in [0.1, 0.15) is 6.07 Å². The topological polar surface area (TPSA) is 65.3 Å². The van der Waals surface area contributed by atoms with Crippen LogP contribution in [0.4, 0.5) is 5.69 Å². The summed E-state index contributed by atoms with van der Waals surface area (Å²) in [6.45, 7) is 0.332. The maximum Gasteiger partial charge on any atom is 0.101 e. The smallest absolute Gasteiger partial charge is 0.101 e. The van der Waals surface area contributed by atoms with E-state index in [9.17, 15) is 0 Å². The standard InChI is InChI=1S/C11H13BrN2O2/c1-16-7-10(6-15)14-11-4-9(12)3-2-8(11)5-13/h2-4,10,14-15H,6-7H2,1H3. The number of hydrogen-bond acceptors (Lipinski definition) is 4. The van der Waals surface area contributed by atoms with Crippen LogP contribution in [0, 0.1) is 11.3 Å². The molecule has 0 saturated heterocycles. The Morgan fingerprint density at radius 2 is 2.38 bits per heavy atom. The first-order chi connectivity index (χ1) is 7.71. The summed E-state index contributed by atoms with van der Waals surface area (Å²) in [5.41, 5.74) is 1.23. The van der Waals surface area contributed by atoms with Gasteiger partial charge in [-0.2, -0.15) is 5.26 Å². The first-order valence-corrected chi connectivity index (χ1v) is 5.56. The van der Waals surface area contributed by atoms with Crippen LogP contribution in [-0.4, -0.2) is 31.5 Å². The van der Waals surface area contributed by atoms with Gasteiger partial charge in [0.2, 0.25) is 0 Å². The lowest BCUT2D eigenvalue weighted by atomic mass is 10.2. The number of nitriles is 1. The van der Waals surface area contributed by atoms with E-state index in [0.717, 1.165) is 4.47 Å². The van der Waals surface area contributed by atoms with E-state index in [1.54, 1.807) is 25.3 Å². The molecule has 0 aliphatic rings. The highest BCUT2D eigenvalue weighted by Crippen LogP contribution is 2.21. The summed E-state index contributed by atoms with van der Waals surface area (Å²) in [6, 6.07) is 7.19. The van der Waals surface area contributed by atoms with E-state index in [-0.39, 0.29) is 12.6 Å². The van der Waals surface area contributed by atoms with E-state index in [2.05, 4.69) is 27.3 Å². The van der Waals surface area contributed by atoms with E-state index < -0.39 is 0 Å². The Morgan fingerprint density at radius 1 is 1.62 bits per heavy atom. The molecule has 1 aromatic carbocycles. The summed E-state index contributed by atoms with van der Waals surface area (Å²) >= 11 is 3.33. The summed E-state index contributed by atoms with van der Waals surface area (Å²) in [7, 11) is 1.57. The molecule has 16 heavy (non-hydrogen) atoms. The predicted molar refractivity (Wildman–Crippen MR) is 65.2 cm³/mol. The Morgan fingerprint density at radius 3 is 2.94 bits per heavy atom. The highest BCUT2D eigenvalue weighted by atomic mass is 79.9. The summed E-state index contributed by atoms with van der Waals surface area (Å²) in [4.78, 5) is 0. The van der Waals surface area contributed by atoms with Crippen molar-refractivity contribution in [2.24, 2.45) is 0 Å². The second-order valence-electron chi connectivity index (χ2n) is 3.28. The molecule has 5 heteroatoms. The number of methoxy groups -OCH3 is 1. The van der Waals surface area contributed by atoms with E-state index in [4.69, 9.17) is 15.1 Å². The molecule has 1 aromatic rings. The Hall–Kier alpha value is -1.09. The molecule has 0 radical (unpaired) electrons. The molecule has 0 spiro atoms. The maximum atomic E-state index is 9.11. The lowest BCUT2D eigenvalue weighted by molar-refractivity contribution is 0.153. The van der Waals surface area contributed by atoms with Crippen LogP contribution in [-0.2, 0) is 4.74 Å². The van der Waals surface area contributed by atoms with Crippen molar-refractivity contribution in [3.8, 4) is 6.07 Å². The minimum absolute atomic E-state index is 0.0504. The Kier molecular flexibility index (Phi) is 5.26. The SMILES string of the molecule is COCC(CO)Nc1cc(Br)ccc1C#N. The molecule has 0 saturated carbocycles. The second-order valence-corrected chi connectivity index (χ2v) is 4.20. The zero-order chi connectivity index (χ0) is 12.0. The van der Waals surface area contributed by atoms with E-state index in [0.29, 0.717) is 17.9 Å². The third-order valence-electron chi connectivity index (χ3n) is 2.05. The first kappa shape index (κ1) is 13.0. The molecular weight excluding hydrogens is 272 g/mol. The number of benzene rings is 1. The number of aliphatic hydroxyl groups is 1. The second kappa shape index (κ2) is 6.48. The van der Waals surface area contributed by atoms with Gasteiger partial charge in [-0.1, -0.05) is 15.9 Å². The molecule has 0 aromatic heterocycles. The van der Waals surface area contributed by atoms with Gasteiger partial charge in [-0.05, 0) is 18.2 Å². The largest absolute Gasteiger partial charge is 0.394 e. The minimum Gasteiger partial charge on any atom is -0.394 e. The van der Waals surface area contributed by atoms with Gasteiger partial charge in [0.15, 0.2) is 0 Å². The van der Waals surface area contributed by atoms with Crippen molar-refractivity contribution >= 4 is 21.6 Å². The highest BCUT2D eigenvalue weighted by molar-refractivity contribution is 9.10. The van der Waals surface area contributed by atoms with Crippen LogP contribution in [0.1, 0.15) is 5.56 Å². The quantitative estimate of drug-likeness (QED) is 0.865. The van der Waals surface area contributed by atoms with Gasteiger partial charge in [-0.25, -0.2) is 0 Å². The molecule has 0 aliphatic heterocycles. The molecule has 0 aliphatic carbocycles. The summed E-state index contributed by atoms with van der Waals surface area (Å²) in [6.07, 6.45) is 0. The number of nitrogens with zero attached hydrogens (tertiary/aromatic N) is 1. The molecule has 2 N–H and O–H groups in total. The van der Waals surface area contributed by atoms with Crippen molar-refractivity contribution in [1.29, 1.82) is 5.26 Å². The Labute approximate surface area is 103 Å². The number of nitrogens with one attached hydrogen (secondary N) is 1. The van der Waals surface area contributed by atoms with Gasteiger partial charge in [0.25, 0.3) is 0 Å². The fourth-order valence-electron chi connectivity index (χ4n) is 1.29. The van der Waals surface area contributed by atoms with E-state index in [1.807, 2.05) is 0 Å². The molecule has 1 atom stereocenters. The summed E-state index contributed by atoms with van der Waals surface area (Å²) in [5, 5.41) is 21.1. The van der Waals surface area contributed by atoms with Gasteiger partial charge in [-0.3, -0.25) is 0 Å². The molecule has 0 fully saturated rings. The van der Waals surface area contributed by atoms with Crippen molar-refractivity contribution in [2.45, 2.75) is 6.04 Å². The van der Waals surface area contributed by atoms with Gasteiger partial charge in [-0.15, -0.1) is 0 Å². The minimum atomic E-state index is -0.216. The summed E-state index contributed by atoms with van der Waals surface area (Å²) in [5.74, 6) is 0. The molecule has 4 nitrogen and oxygen atoms in total. The van der Waals surface area contributed by atoms with Gasteiger partial charge in [0.05, 0.1) is 30.5 Å². The molecule has 0 amide bonds. The van der Waals surface area contributed by atoms with Crippen molar-refractivity contribution in [3.63, 3.8) is 0 Å². The molecule has 0 heterocycles. The molecule has 1 unspecified atom stereocenters. The zero-order valence-electron chi connectivity index (χ0n) is 8.90. The van der Waals surface area contributed by atoms with Crippen LogP contribution in [0.15, 0.2) is 22.7 Å². The molecule has 86 valence electrons. The van der Waals surface area contributed by atoms with E-state index in [1.165, 1.54) is 0 Å². The normalized spacial score (nSPS) is 11.9. The first-order valence-electron chi connectivity index (χ1n) is 4.77. The third kappa shape index (κ3) is 3.49. The van der Waals surface area contributed by atoms with Gasteiger partial charge in [0, 0.05) is 11.6 Å². The van der Waals surface area contributed by atoms with Crippen LogP contribution >= 0.6 is 15.9 Å². The predicted octanol–water partition coefficient (Wildman–Crippen LogP) is 1.74. The lowest BCUT2D eigenvalue weighted by Crippen LogP contribution is -2.29. The number of aliphatic hydroxyl groups excluding tert-OH is 1. The Balaban J connectivity index is 2.86. The molecular formula is C11H13BrN2O2. The van der Waals surface area contributed by atoms with Gasteiger partial charge < -0.3 is 15.2 Å². The maximum absolute atomic E-state index is 9.11. The summed E-state index contributed by atoms with van der Waals surface area (Å²) < 4.78 is 5.83. The van der Waals surface area contributed by atoms with Crippen molar-refractivity contribution in [2.75, 3.05) is 25.6 Å². The number of ether oxygens (including phenoxy) is 1. The number of halogens is 1. The molecule has 0 bridgehead atoms. The van der Waals surface area contributed by atoms with Crippen LogP contribution in [0.5, 0.6) is 0 Å². The molecule has 1 rings (SSSR count). The van der Waals surface area contributed by atoms with Crippen LogP contribution < -0.4 is 5.32 Å². The van der Waals surface area contributed by atoms with Crippen molar-refractivity contribution < 1.29 is 9.84 Å². The van der Waals surface area contributed by atoms with Crippen LogP contribution in [0.3, 0.4) is 0 Å². The highest BCUT2D eigenvalue weighted by Gasteiger charge is 2.09. The van der Waals surface area contributed by atoms with Crippen molar-refractivity contribution in [1.82, 2.24) is 0 Å². The number of rotatable bonds is 5. The average molecular weight is 285 g/mol.